The Bertz CT molecular complexity index is 462. The molecule has 0 bridgehead atoms. The van der Waals surface area contributed by atoms with Gasteiger partial charge in [-0.2, -0.15) is 0 Å². The maximum Gasteiger partial charge on any atom is 0.321 e. The van der Waals surface area contributed by atoms with Crippen LogP contribution in [0.25, 0.3) is 0 Å². The third-order valence-corrected chi connectivity index (χ3v) is 3.52. The molecule has 0 spiro atoms. The Morgan fingerprint density at radius 3 is 2.35 bits per heavy atom. The molecular formula is C14H20BrN3O2. The lowest BCUT2D eigenvalue weighted by Gasteiger charge is -2.22. The van der Waals surface area contributed by atoms with Gasteiger partial charge >= 0.3 is 6.03 Å². The summed E-state index contributed by atoms with van der Waals surface area (Å²) in [5.74, 6) is -0.347. The van der Waals surface area contributed by atoms with Crippen LogP contribution in [0.5, 0.6) is 0 Å². The molecule has 1 aromatic carbocycles. The molecule has 0 aliphatic carbocycles. The lowest BCUT2D eigenvalue weighted by molar-refractivity contribution is -0.121. The fourth-order valence-corrected chi connectivity index (χ4v) is 2.07. The molecule has 0 aliphatic rings. The van der Waals surface area contributed by atoms with E-state index >= 15 is 0 Å². The van der Waals surface area contributed by atoms with Crippen molar-refractivity contribution in [3.63, 3.8) is 0 Å². The second-order valence-electron chi connectivity index (χ2n) is 4.47. The zero-order chi connectivity index (χ0) is 15.1. The van der Waals surface area contributed by atoms with Crippen molar-refractivity contribution in [2.24, 2.45) is 0 Å². The van der Waals surface area contributed by atoms with Crippen LogP contribution < -0.4 is 16.0 Å². The van der Waals surface area contributed by atoms with E-state index in [1.165, 1.54) is 7.05 Å². The van der Waals surface area contributed by atoms with Gasteiger partial charge in [-0.3, -0.25) is 15.4 Å². The van der Waals surface area contributed by atoms with Crippen LogP contribution in [0.2, 0.25) is 0 Å². The minimum Gasteiger partial charge on any atom is -0.341 e. The predicted octanol–water partition coefficient (Wildman–Crippen LogP) is 2.33. The van der Waals surface area contributed by atoms with Gasteiger partial charge < -0.3 is 5.32 Å². The van der Waals surface area contributed by atoms with Crippen molar-refractivity contribution in [3.8, 4) is 0 Å². The van der Waals surface area contributed by atoms with Crippen LogP contribution in [-0.4, -0.2) is 25.0 Å². The van der Waals surface area contributed by atoms with Crippen molar-refractivity contribution in [1.29, 1.82) is 0 Å². The number of amides is 3. The van der Waals surface area contributed by atoms with E-state index in [4.69, 9.17) is 0 Å². The standard InChI is InChI=1S/C14H20BrN3O2/c1-4-12(10-5-7-11(15)8-6-10)17-9(2)13(19)18-14(20)16-3/h5-9,12,17H,4H2,1-3H3,(H2,16,18,19,20)/t9-,12-/m1/s1. The molecule has 0 saturated carbocycles. The van der Waals surface area contributed by atoms with Gasteiger partial charge in [-0.1, -0.05) is 35.0 Å². The van der Waals surface area contributed by atoms with E-state index in [-0.39, 0.29) is 11.9 Å². The summed E-state index contributed by atoms with van der Waals surface area (Å²) in [6.45, 7) is 3.78. The molecule has 2 atom stereocenters. The summed E-state index contributed by atoms with van der Waals surface area (Å²) in [6.07, 6.45) is 0.846. The van der Waals surface area contributed by atoms with Crippen LogP contribution in [0.3, 0.4) is 0 Å². The number of hydrogen-bond donors (Lipinski definition) is 3. The molecule has 1 aromatic rings. The summed E-state index contributed by atoms with van der Waals surface area (Å²) in [7, 11) is 1.47. The lowest BCUT2D eigenvalue weighted by Crippen LogP contribution is -2.48. The summed E-state index contributed by atoms with van der Waals surface area (Å²) < 4.78 is 1.02. The molecule has 5 nitrogen and oxygen atoms in total. The third-order valence-electron chi connectivity index (χ3n) is 2.99. The average molecular weight is 342 g/mol. The minimum absolute atomic E-state index is 0.0635. The van der Waals surface area contributed by atoms with Crippen LogP contribution in [0, 0.1) is 0 Å². The van der Waals surface area contributed by atoms with Crippen LogP contribution >= 0.6 is 15.9 Å². The molecule has 0 unspecified atom stereocenters. The molecule has 6 heteroatoms. The average Bonchev–Trinajstić information content (AvgIpc) is 2.45. The van der Waals surface area contributed by atoms with E-state index in [2.05, 4.69) is 31.9 Å². The zero-order valence-corrected chi connectivity index (χ0v) is 13.5. The summed E-state index contributed by atoms with van der Waals surface area (Å²) >= 11 is 3.40. The second kappa shape index (κ2) is 8.01. The van der Waals surface area contributed by atoms with E-state index in [1.807, 2.05) is 31.2 Å². The Kier molecular flexibility index (Phi) is 6.67. The van der Waals surface area contributed by atoms with Crippen molar-refractivity contribution in [1.82, 2.24) is 16.0 Å². The van der Waals surface area contributed by atoms with Gasteiger partial charge in [0.05, 0.1) is 6.04 Å². The number of rotatable bonds is 5. The molecule has 3 amide bonds. The summed E-state index contributed by atoms with van der Waals surface area (Å²) in [5, 5.41) is 7.84. The number of imide groups is 1. The topological polar surface area (TPSA) is 70.2 Å². The maximum absolute atomic E-state index is 11.8. The normalized spacial score (nSPS) is 13.4. The molecular weight excluding hydrogens is 322 g/mol. The highest BCUT2D eigenvalue weighted by atomic mass is 79.9. The van der Waals surface area contributed by atoms with Crippen molar-refractivity contribution >= 4 is 27.9 Å². The molecule has 0 fully saturated rings. The third kappa shape index (κ3) is 4.94. The van der Waals surface area contributed by atoms with E-state index in [0.29, 0.717) is 0 Å². The Morgan fingerprint density at radius 1 is 1.25 bits per heavy atom. The zero-order valence-electron chi connectivity index (χ0n) is 11.9. The van der Waals surface area contributed by atoms with E-state index in [0.717, 1.165) is 16.5 Å². The van der Waals surface area contributed by atoms with Gasteiger partial charge in [0.2, 0.25) is 5.91 Å². The van der Waals surface area contributed by atoms with Gasteiger partial charge in [0, 0.05) is 17.6 Å². The molecule has 20 heavy (non-hydrogen) atoms. The Labute approximate surface area is 127 Å². The number of carbonyl (C=O) groups is 2. The Morgan fingerprint density at radius 2 is 1.85 bits per heavy atom. The van der Waals surface area contributed by atoms with Crippen LogP contribution in [0.15, 0.2) is 28.7 Å². The SMILES string of the molecule is CC[C@@H](N[C@H](C)C(=O)NC(=O)NC)c1ccc(Br)cc1. The molecule has 0 saturated heterocycles. The van der Waals surface area contributed by atoms with Crippen LogP contribution in [0.4, 0.5) is 4.79 Å². The first kappa shape index (κ1) is 16.7. The fourth-order valence-electron chi connectivity index (χ4n) is 1.80. The summed E-state index contributed by atoms with van der Waals surface area (Å²) in [4.78, 5) is 22.9. The first-order valence-corrected chi connectivity index (χ1v) is 7.31. The maximum atomic E-state index is 11.8. The van der Waals surface area contributed by atoms with Crippen LogP contribution in [0.1, 0.15) is 31.9 Å². The summed E-state index contributed by atoms with van der Waals surface area (Å²) in [6, 6.07) is 7.06. The smallest absolute Gasteiger partial charge is 0.321 e. The number of halogens is 1. The number of nitrogens with one attached hydrogen (secondary N) is 3. The quantitative estimate of drug-likeness (QED) is 0.769. The predicted molar refractivity (Wildman–Crippen MR) is 82.4 cm³/mol. The molecule has 110 valence electrons. The number of benzene rings is 1. The molecule has 1 rings (SSSR count). The number of carbonyl (C=O) groups excluding carboxylic acids is 2. The first-order valence-electron chi connectivity index (χ1n) is 6.52. The monoisotopic (exact) mass is 341 g/mol. The van der Waals surface area contributed by atoms with E-state index in [1.54, 1.807) is 6.92 Å². The Balaban J connectivity index is 2.66. The largest absolute Gasteiger partial charge is 0.341 e. The van der Waals surface area contributed by atoms with Gasteiger partial charge in [0.25, 0.3) is 0 Å². The van der Waals surface area contributed by atoms with E-state index < -0.39 is 12.1 Å². The van der Waals surface area contributed by atoms with Gasteiger partial charge in [-0.25, -0.2) is 4.79 Å². The van der Waals surface area contributed by atoms with Gasteiger partial charge in [-0.05, 0) is 31.0 Å². The van der Waals surface area contributed by atoms with E-state index in [9.17, 15) is 9.59 Å². The van der Waals surface area contributed by atoms with Gasteiger partial charge in [-0.15, -0.1) is 0 Å². The lowest BCUT2D eigenvalue weighted by atomic mass is 10.0. The number of urea groups is 1. The highest BCUT2D eigenvalue weighted by Crippen LogP contribution is 2.19. The van der Waals surface area contributed by atoms with Crippen molar-refractivity contribution in [2.75, 3.05) is 7.05 Å². The molecule has 3 N–H and O–H groups in total. The highest BCUT2D eigenvalue weighted by molar-refractivity contribution is 9.10. The number of hydrogen-bond acceptors (Lipinski definition) is 3. The van der Waals surface area contributed by atoms with Gasteiger partial charge in [0.15, 0.2) is 0 Å². The highest BCUT2D eigenvalue weighted by Gasteiger charge is 2.19. The Hall–Kier alpha value is -1.40. The van der Waals surface area contributed by atoms with Crippen LogP contribution in [-0.2, 0) is 4.79 Å². The summed E-state index contributed by atoms with van der Waals surface area (Å²) in [5.41, 5.74) is 1.11. The minimum atomic E-state index is -0.500. The molecule has 0 aromatic heterocycles. The molecule has 0 aliphatic heterocycles. The molecule has 0 heterocycles. The fraction of sp³-hybridized carbons (Fsp3) is 0.429. The van der Waals surface area contributed by atoms with Gasteiger partial charge in [0.1, 0.15) is 0 Å². The molecule has 0 radical (unpaired) electrons. The van der Waals surface area contributed by atoms with Crippen molar-refractivity contribution in [2.45, 2.75) is 32.4 Å². The van der Waals surface area contributed by atoms with Crippen molar-refractivity contribution < 1.29 is 9.59 Å². The second-order valence-corrected chi connectivity index (χ2v) is 5.38. The first-order chi connectivity index (χ1) is 9.47. The van der Waals surface area contributed by atoms with Crippen molar-refractivity contribution in [3.05, 3.63) is 34.3 Å².